The molecule has 2 aromatic rings. The second-order valence-corrected chi connectivity index (χ2v) is 4.44. The normalized spacial score (nSPS) is 11.1. The smallest absolute Gasteiger partial charge is 0.269 e. The minimum absolute atomic E-state index is 0.102. The molecule has 0 aliphatic rings. The van der Waals surface area contributed by atoms with Crippen LogP contribution in [-0.2, 0) is 6.42 Å². The van der Waals surface area contributed by atoms with Gasteiger partial charge in [-0.25, -0.2) is 8.78 Å². The van der Waals surface area contributed by atoms with Gasteiger partial charge >= 0.3 is 0 Å². The van der Waals surface area contributed by atoms with E-state index in [1.807, 2.05) is 0 Å². The van der Waals surface area contributed by atoms with Crippen molar-refractivity contribution in [3.8, 4) is 11.3 Å². The average Bonchev–Trinajstić information content (AvgIpc) is 2.73. The first-order valence-electron chi connectivity index (χ1n) is 5.16. The van der Waals surface area contributed by atoms with Gasteiger partial charge in [-0.1, -0.05) is 40.1 Å². The summed E-state index contributed by atoms with van der Waals surface area (Å²) >= 11 is 3.29. The quantitative estimate of drug-likeness (QED) is 0.828. The van der Waals surface area contributed by atoms with E-state index in [0.29, 0.717) is 12.0 Å². The molecular weight excluding hydrogens is 292 g/mol. The molecule has 0 amide bonds. The van der Waals surface area contributed by atoms with E-state index in [-0.39, 0.29) is 17.0 Å². The molecule has 90 valence electrons. The Morgan fingerprint density at radius 3 is 2.47 bits per heavy atom. The number of benzene rings is 1. The SMILES string of the molecule is CCc1onc(-c2ccc(Br)cc2)c1C(F)F. The number of hydrogen-bond acceptors (Lipinski definition) is 2. The van der Waals surface area contributed by atoms with Crippen molar-refractivity contribution >= 4 is 15.9 Å². The van der Waals surface area contributed by atoms with Crippen molar-refractivity contribution in [2.45, 2.75) is 19.8 Å². The van der Waals surface area contributed by atoms with Crippen LogP contribution in [0.15, 0.2) is 33.3 Å². The van der Waals surface area contributed by atoms with Crippen LogP contribution in [0.4, 0.5) is 8.78 Å². The van der Waals surface area contributed by atoms with E-state index >= 15 is 0 Å². The van der Waals surface area contributed by atoms with Crippen LogP contribution in [0, 0.1) is 0 Å². The number of halogens is 3. The Hall–Kier alpha value is -1.23. The Bertz CT molecular complexity index is 508. The molecule has 0 radical (unpaired) electrons. The number of nitrogens with zero attached hydrogens (tertiary/aromatic N) is 1. The molecule has 2 nitrogen and oxygen atoms in total. The lowest BCUT2D eigenvalue weighted by Gasteiger charge is -2.02. The maximum absolute atomic E-state index is 13.0. The summed E-state index contributed by atoms with van der Waals surface area (Å²) in [4.78, 5) is 0. The van der Waals surface area contributed by atoms with Gasteiger partial charge in [0, 0.05) is 16.5 Å². The molecule has 0 N–H and O–H groups in total. The molecule has 0 aliphatic heterocycles. The molecule has 0 bridgehead atoms. The third-order valence-electron chi connectivity index (χ3n) is 2.46. The van der Waals surface area contributed by atoms with Crippen LogP contribution >= 0.6 is 15.9 Å². The fourth-order valence-electron chi connectivity index (χ4n) is 1.63. The van der Waals surface area contributed by atoms with E-state index in [0.717, 1.165) is 4.47 Å². The summed E-state index contributed by atoms with van der Waals surface area (Å²) in [6.45, 7) is 1.76. The number of aryl methyl sites for hydroxylation is 1. The van der Waals surface area contributed by atoms with Gasteiger partial charge in [-0.05, 0) is 12.1 Å². The maximum Gasteiger partial charge on any atom is 0.269 e. The highest BCUT2D eigenvalue weighted by atomic mass is 79.9. The summed E-state index contributed by atoms with van der Waals surface area (Å²) < 4.78 is 31.8. The van der Waals surface area contributed by atoms with Crippen LogP contribution in [0.25, 0.3) is 11.3 Å². The highest BCUT2D eigenvalue weighted by Gasteiger charge is 2.23. The van der Waals surface area contributed by atoms with Crippen molar-refractivity contribution < 1.29 is 13.3 Å². The molecule has 0 atom stereocenters. The molecule has 0 saturated heterocycles. The van der Waals surface area contributed by atoms with Crippen LogP contribution in [0.5, 0.6) is 0 Å². The summed E-state index contributed by atoms with van der Waals surface area (Å²) in [6.07, 6.45) is -2.17. The minimum atomic E-state index is -2.57. The van der Waals surface area contributed by atoms with Crippen LogP contribution in [0.2, 0.25) is 0 Å². The number of rotatable bonds is 3. The second kappa shape index (κ2) is 4.96. The molecular formula is C12H10BrF2NO. The van der Waals surface area contributed by atoms with Gasteiger partial charge in [0.05, 0.1) is 5.56 Å². The topological polar surface area (TPSA) is 26.0 Å². The highest BCUT2D eigenvalue weighted by Crippen LogP contribution is 2.33. The maximum atomic E-state index is 13.0. The summed E-state index contributed by atoms with van der Waals surface area (Å²) in [6, 6.07) is 7.02. The van der Waals surface area contributed by atoms with E-state index in [9.17, 15) is 8.78 Å². The Balaban J connectivity index is 2.51. The number of alkyl halides is 2. The predicted octanol–water partition coefficient (Wildman–Crippen LogP) is 4.60. The van der Waals surface area contributed by atoms with Crippen molar-refractivity contribution in [2.24, 2.45) is 0 Å². The largest absolute Gasteiger partial charge is 0.360 e. The monoisotopic (exact) mass is 301 g/mol. The predicted molar refractivity (Wildman–Crippen MR) is 64.0 cm³/mol. The molecule has 1 aromatic heterocycles. The second-order valence-electron chi connectivity index (χ2n) is 3.53. The lowest BCUT2D eigenvalue weighted by Crippen LogP contribution is -1.91. The van der Waals surface area contributed by atoms with Gasteiger partial charge in [-0.2, -0.15) is 0 Å². The first-order valence-corrected chi connectivity index (χ1v) is 5.95. The first-order chi connectivity index (χ1) is 8.13. The van der Waals surface area contributed by atoms with Gasteiger partial charge in [-0.3, -0.25) is 0 Å². The Morgan fingerprint density at radius 2 is 1.94 bits per heavy atom. The van der Waals surface area contributed by atoms with Gasteiger partial charge in [0.2, 0.25) is 0 Å². The molecule has 1 heterocycles. The van der Waals surface area contributed by atoms with Crippen LogP contribution < -0.4 is 0 Å². The molecule has 0 fully saturated rings. The first kappa shape index (κ1) is 12.2. The molecule has 5 heteroatoms. The number of aromatic nitrogens is 1. The Labute approximate surface area is 106 Å². The molecule has 0 spiro atoms. The third-order valence-corrected chi connectivity index (χ3v) is 2.99. The van der Waals surface area contributed by atoms with Crippen molar-refractivity contribution in [1.29, 1.82) is 0 Å². The molecule has 2 rings (SSSR count). The molecule has 0 saturated carbocycles. The van der Waals surface area contributed by atoms with Crippen LogP contribution in [0.3, 0.4) is 0 Å². The van der Waals surface area contributed by atoms with E-state index in [1.165, 1.54) is 0 Å². The van der Waals surface area contributed by atoms with Crippen molar-refractivity contribution in [3.05, 3.63) is 40.1 Å². The minimum Gasteiger partial charge on any atom is -0.360 e. The zero-order valence-corrected chi connectivity index (χ0v) is 10.7. The van der Waals surface area contributed by atoms with Gasteiger partial charge in [0.25, 0.3) is 6.43 Å². The molecule has 1 aromatic carbocycles. The van der Waals surface area contributed by atoms with Crippen molar-refractivity contribution in [2.75, 3.05) is 0 Å². The summed E-state index contributed by atoms with van der Waals surface area (Å²) in [5.41, 5.74) is 0.756. The fraction of sp³-hybridized carbons (Fsp3) is 0.250. The van der Waals surface area contributed by atoms with Gasteiger partial charge in [-0.15, -0.1) is 0 Å². The zero-order valence-electron chi connectivity index (χ0n) is 9.08. The third kappa shape index (κ3) is 2.39. The summed E-state index contributed by atoms with van der Waals surface area (Å²) in [5, 5.41) is 3.74. The van der Waals surface area contributed by atoms with Gasteiger partial charge in [0.15, 0.2) is 0 Å². The average molecular weight is 302 g/mol. The van der Waals surface area contributed by atoms with Crippen molar-refractivity contribution in [1.82, 2.24) is 5.16 Å². The lowest BCUT2D eigenvalue weighted by atomic mass is 10.1. The van der Waals surface area contributed by atoms with E-state index in [1.54, 1.807) is 31.2 Å². The lowest BCUT2D eigenvalue weighted by molar-refractivity contribution is 0.149. The highest BCUT2D eigenvalue weighted by molar-refractivity contribution is 9.10. The summed E-state index contributed by atoms with van der Waals surface area (Å²) in [5.74, 6) is 0.248. The Kier molecular flexibility index (Phi) is 3.57. The van der Waals surface area contributed by atoms with Crippen molar-refractivity contribution in [3.63, 3.8) is 0 Å². The summed E-state index contributed by atoms with van der Waals surface area (Å²) in [7, 11) is 0. The van der Waals surface area contributed by atoms with E-state index in [4.69, 9.17) is 4.52 Å². The van der Waals surface area contributed by atoms with Gasteiger partial charge in [0.1, 0.15) is 11.5 Å². The van der Waals surface area contributed by atoms with Crippen LogP contribution in [0.1, 0.15) is 24.7 Å². The molecule has 0 aliphatic carbocycles. The number of hydrogen-bond donors (Lipinski definition) is 0. The van der Waals surface area contributed by atoms with E-state index in [2.05, 4.69) is 21.1 Å². The van der Waals surface area contributed by atoms with E-state index < -0.39 is 6.43 Å². The zero-order chi connectivity index (χ0) is 12.4. The fourth-order valence-corrected chi connectivity index (χ4v) is 1.89. The van der Waals surface area contributed by atoms with Gasteiger partial charge < -0.3 is 4.52 Å². The van der Waals surface area contributed by atoms with Crippen LogP contribution in [-0.4, -0.2) is 5.16 Å². The molecule has 0 unspecified atom stereocenters. The Morgan fingerprint density at radius 1 is 1.29 bits per heavy atom. The standard InChI is InChI=1S/C12H10BrF2NO/c1-2-9-10(12(14)15)11(16-17-9)7-3-5-8(13)6-4-7/h3-6,12H,2H2,1H3. The molecule has 17 heavy (non-hydrogen) atoms.